The van der Waals surface area contributed by atoms with E-state index in [1.54, 1.807) is 31.2 Å². The van der Waals surface area contributed by atoms with Gasteiger partial charge in [-0.25, -0.2) is 4.39 Å². The quantitative estimate of drug-likeness (QED) is 0.738. The van der Waals surface area contributed by atoms with E-state index in [0.717, 1.165) is 0 Å². The summed E-state index contributed by atoms with van der Waals surface area (Å²) in [4.78, 5) is 12.0. The second-order valence-corrected chi connectivity index (χ2v) is 3.86. The maximum absolute atomic E-state index is 13.5. The molecule has 0 spiro atoms. The second-order valence-electron chi connectivity index (χ2n) is 3.86. The Bertz CT molecular complexity index is 628. The van der Waals surface area contributed by atoms with Crippen molar-refractivity contribution in [3.05, 3.63) is 47.8 Å². The summed E-state index contributed by atoms with van der Waals surface area (Å²) in [5.74, 6) is -1.35. The number of carbonyl (C=O) groups is 1. The molecule has 3 heteroatoms. The number of rotatable bonds is 2. The first-order valence-corrected chi connectivity index (χ1v) is 5.26. The van der Waals surface area contributed by atoms with Gasteiger partial charge >= 0.3 is 0 Å². The number of hydrogen-bond donors (Lipinski definition) is 0. The Morgan fingerprint density at radius 2 is 1.88 bits per heavy atom. The molecular formula is C14H10FNO. The van der Waals surface area contributed by atoms with E-state index >= 15 is 0 Å². The molecule has 84 valence electrons. The highest BCUT2D eigenvalue weighted by atomic mass is 19.1. The number of carbonyl (C=O) groups excluding carboxylic acids is 1. The molecule has 0 fully saturated rings. The lowest BCUT2D eigenvalue weighted by Crippen LogP contribution is -2.09. The van der Waals surface area contributed by atoms with E-state index in [2.05, 4.69) is 0 Å². The van der Waals surface area contributed by atoms with Crippen molar-refractivity contribution in [2.24, 2.45) is 5.92 Å². The molecule has 0 aliphatic rings. The highest BCUT2D eigenvalue weighted by Crippen LogP contribution is 2.23. The molecule has 1 atom stereocenters. The zero-order chi connectivity index (χ0) is 12.4. The van der Waals surface area contributed by atoms with Crippen LogP contribution in [0.3, 0.4) is 0 Å². The highest BCUT2D eigenvalue weighted by Gasteiger charge is 2.17. The van der Waals surface area contributed by atoms with E-state index in [-0.39, 0.29) is 11.6 Å². The van der Waals surface area contributed by atoms with E-state index in [1.807, 2.05) is 6.07 Å². The molecule has 1 unspecified atom stereocenters. The van der Waals surface area contributed by atoms with Gasteiger partial charge in [-0.1, -0.05) is 24.3 Å². The van der Waals surface area contributed by atoms with Crippen LogP contribution in [0.15, 0.2) is 36.4 Å². The van der Waals surface area contributed by atoms with Gasteiger partial charge in [0, 0.05) is 10.9 Å². The molecule has 0 aliphatic heterocycles. The van der Waals surface area contributed by atoms with Crippen LogP contribution in [0.1, 0.15) is 17.3 Å². The normalized spacial score (nSPS) is 12.1. The molecule has 0 saturated carbocycles. The van der Waals surface area contributed by atoms with Gasteiger partial charge in [0.2, 0.25) is 0 Å². The van der Waals surface area contributed by atoms with Crippen molar-refractivity contribution in [3.8, 4) is 6.07 Å². The third-order valence-corrected chi connectivity index (χ3v) is 2.72. The molecule has 17 heavy (non-hydrogen) atoms. The Morgan fingerprint density at radius 1 is 1.24 bits per heavy atom. The molecular weight excluding hydrogens is 217 g/mol. The largest absolute Gasteiger partial charge is 0.293 e. The number of ketones is 1. The topological polar surface area (TPSA) is 40.9 Å². The number of hydrogen-bond acceptors (Lipinski definition) is 2. The maximum Gasteiger partial charge on any atom is 0.180 e. The number of halogens is 1. The lowest BCUT2D eigenvalue weighted by Gasteiger charge is -2.07. The van der Waals surface area contributed by atoms with E-state index in [0.29, 0.717) is 16.3 Å². The van der Waals surface area contributed by atoms with Crippen molar-refractivity contribution >= 4 is 16.6 Å². The summed E-state index contributed by atoms with van der Waals surface area (Å²) >= 11 is 0. The van der Waals surface area contributed by atoms with Gasteiger partial charge in [0.25, 0.3) is 0 Å². The molecule has 0 bridgehead atoms. The van der Waals surface area contributed by atoms with Crippen LogP contribution in [0.4, 0.5) is 4.39 Å². The van der Waals surface area contributed by atoms with Crippen molar-refractivity contribution < 1.29 is 9.18 Å². The molecule has 0 saturated heterocycles. The number of nitriles is 1. The fraction of sp³-hybridized carbons (Fsp3) is 0.143. The Morgan fingerprint density at radius 3 is 2.53 bits per heavy atom. The average molecular weight is 227 g/mol. The highest BCUT2D eigenvalue weighted by molar-refractivity contribution is 6.09. The van der Waals surface area contributed by atoms with Gasteiger partial charge in [-0.2, -0.15) is 5.26 Å². The lowest BCUT2D eigenvalue weighted by molar-refractivity contribution is 0.0958. The number of fused-ring (bicyclic) bond motifs is 1. The van der Waals surface area contributed by atoms with Crippen LogP contribution >= 0.6 is 0 Å². The van der Waals surface area contributed by atoms with E-state index < -0.39 is 5.92 Å². The fourth-order valence-corrected chi connectivity index (χ4v) is 1.77. The standard InChI is InChI=1S/C14H10FNO/c1-9(8-16)14(17)12-6-7-13(15)11-5-3-2-4-10(11)12/h2-7,9H,1H3. The zero-order valence-corrected chi connectivity index (χ0v) is 9.27. The molecule has 0 radical (unpaired) electrons. The molecule has 2 aromatic carbocycles. The molecule has 2 rings (SSSR count). The van der Waals surface area contributed by atoms with Crippen LogP contribution in [0, 0.1) is 23.1 Å². The van der Waals surface area contributed by atoms with E-state index in [4.69, 9.17) is 5.26 Å². The first kappa shape index (κ1) is 11.3. The molecule has 0 N–H and O–H groups in total. The number of Topliss-reactive ketones (excluding diaryl/α,β-unsaturated/α-hetero) is 1. The van der Waals surface area contributed by atoms with Gasteiger partial charge in [0.05, 0.1) is 6.07 Å². The molecule has 0 heterocycles. The minimum atomic E-state index is -0.719. The smallest absolute Gasteiger partial charge is 0.180 e. The number of nitrogens with zero attached hydrogens (tertiary/aromatic N) is 1. The van der Waals surface area contributed by atoms with Crippen LogP contribution in [0.5, 0.6) is 0 Å². The first-order chi connectivity index (χ1) is 8.15. The van der Waals surface area contributed by atoms with Gasteiger partial charge in [0.1, 0.15) is 11.7 Å². The zero-order valence-electron chi connectivity index (χ0n) is 9.27. The summed E-state index contributed by atoms with van der Waals surface area (Å²) in [6.45, 7) is 1.54. The van der Waals surface area contributed by atoms with Crippen molar-refractivity contribution in [3.63, 3.8) is 0 Å². The van der Waals surface area contributed by atoms with Crippen molar-refractivity contribution in [2.45, 2.75) is 6.92 Å². The van der Waals surface area contributed by atoms with Crippen molar-refractivity contribution in [2.75, 3.05) is 0 Å². The van der Waals surface area contributed by atoms with Gasteiger partial charge < -0.3 is 0 Å². The first-order valence-electron chi connectivity index (χ1n) is 5.26. The van der Waals surface area contributed by atoms with Crippen LogP contribution in [0.25, 0.3) is 10.8 Å². The minimum Gasteiger partial charge on any atom is -0.293 e. The van der Waals surface area contributed by atoms with Crippen molar-refractivity contribution in [1.29, 1.82) is 5.26 Å². The SMILES string of the molecule is CC(C#N)C(=O)c1ccc(F)c2ccccc12. The third-order valence-electron chi connectivity index (χ3n) is 2.72. The van der Waals surface area contributed by atoms with Gasteiger partial charge in [0.15, 0.2) is 5.78 Å². The summed E-state index contributed by atoms with van der Waals surface area (Å²) in [5, 5.41) is 9.71. The summed E-state index contributed by atoms with van der Waals surface area (Å²) in [7, 11) is 0. The summed E-state index contributed by atoms with van der Waals surface area (Å²) in [6.07, 6.45) is 0. The maximum atomic E-state index is 13.5. The summed E-state index contributed by atoms with van der Waals surface area (Å²) < 4.78 is 13.5. The Labute approximate surface area is 98.3 Å². The molecule has 0 aromatic heterocycles. The monoisotopic (exact) mass is 227 g/mol. The summed E-state index contributed by atoms with van der Waals surface area (Å²) in [6, 6.07) is 11.4. The Balaban J connectivity index is 2.68. The Kier molecular flexibility index (Phi) is 2.88. The van der Waals surface area contributed by atoms with E-state index in [1.165, 1.54) is 12.1 Å². The van der Waals surface area contributed by atoms with Crippen LogP contribution < -0.4 is 0 Å². The average Bonchev–Trinajstić information content (AvgIpc) is 2.38. The molecule has 2 aromatic rings. The van der Waals surface area contributed by atoms with Crippen molar-refractivity contribution in [1.82, 2.24) is 0 Å². The third kappa shape index (κ3) is 1.90. The fourth-order valence-electron chi connectivity index (χ4n) is 1.77. The van der Waals surface area contributed by atoms with Crippen LogP contribution in [-0.2, 0) is 0 Å². The van der Waals surface area contributed by atoms with E-state index in [9.17, 15) is 9.18 Å². The van der Waals surface area contributed by atoms with Gasteiger partial charge in [-0.15, -0.1) is 0 Å². The number of benzene rings is 2. The van der Waals surface area contributed by atoms with Gasteiger partial charge in [-0.05, 0) is 24.4 Å². The summed E-state index contributed by atoms with van der Waals surface area (Å²) in [5.41, 5.74) is 0.399. The second kappa shape index (κ2) is 4.34. The minimum absolute atomic E-state index is 0.274. The Hall–Kier alpha value is -2.21. The molecule has 0 amide bonds. The molecule has 2 nitrogen and oxygen atoms in total. The van der Waals surface area contributed by atoms with Crippen LogP contribution in [-0.4, -0.2) is 5.78 Å². The lowest BCUT2D eigenvalue weighted by atomic mass is 9.95. The predicted molar refractivity (Wildman–Crippen MR) is 63.0 cm³/mol. The molecule has 0 aliphatic carbocycles. The predicted octanol–water partition coefficient (Wildman–Crippen LogP) is 3.32. The van der Waals surface area contributed by atoms with Gasteiger partial charge in [-0.3, -0.25) is 4.79 Å². The van der Waals surface area contributed by atoms with Crippen LogP contribution in [0.2, 0.25) is 0 Å².